The summed E-state index contributed by atoms with van der Waals surface area (Å²) in [6, 6.07) is 8.21. The topological polar surface area (TPSA) is 70.6 Å². The fourth-order valence-electron chi connectivity index (χ4n) is 3.70. The molecule has 7 nitrogen and oxygen atoms in total. The molecular weight excluding hydrogens is 417 g/mol. The summed E-state index contributed by atoms with van der Waals surface area (Å²) in [5.41, 5.74) is 0.545. The normalized spacial score (nSPS) is 14.7. The second-order valence-corrected chi connectivity index (χ2v) is 8.30. The van der Waals surface area contributed by atoms with Crippen LogP contribution in [0.1, 0.15) is 23.2 Å². The fraction of sp³-hybridized carbons (Fsp3) is 0.409. The Balaban J connectivity index is 1.18. The molecule has 0 radical (unpaired) electrons. The number of carbonyl (C=O) groups is 1. The number of amides is 1. The number of anilines is 1. The molecule has 0 unspecified atom stereocenters. The van der Waals surface area contributed by atoms with Gasteiger partial charge in [-0.1, -0.05) is 0 Å². The zero-order valence-corrected chi connectivity index (χ0v) is 18.3. The Hall–Kier alpha value is -2.78. The molecule has 0 spiro atoms. The Morgan fingerprint density at radius 3 is 2.84 bits per heavy atom. The lowest BCUT2D eigenvalue weighted by atomic mass is 10.2. The van der Waals surface area contributed by atoms with Crippen molar-refractivity contribution in [3.8, 4) is 5.88 Å². The monoisotopic (exact) mass is 443 g/mol. The molecule has 2 aromatic heterocycles. The van der Waals surface area contributed by atoms with Crippen LogP contribution in [0.5, 0.6) is 5.88 Å². The molecule has 164 valence electrons. The van der Waals surface area contributed by atoms with Gasteiger partial charge in [0, 0.05) is 56.4 Å². The van der Waals surface area contributed by atoms with E-state index >= 15 is 0 Å². The van der Waals surface area contributed by atoms with Crippen LogP contribution in [-0.2, 0) is 0 Å². The summed E-state index contributed by atoms with van der Waals surface area (Å²) < 4.78 is 24.6. The van der Waals surface area contributed by atoms with E-state index in [1.807, 2.05) is 6.07 Å². The van der Waals surface area contributed by atoms with Gasteiger partial charge < -0.3 is 15.0 Å². The van der Waals surface area contributed by atoms with Gasteiger partial charge in [0.05, 0.1) is 11.3 Å². The summed E-state index contributed by atoms with van der Waals surface area (Å²) in [6.07, 6.45) is 3.55. The molecule has 0 aliphatic carbocycles. The van der Waals surface area contributed by atoms with Crippen LogP contribution in [0.15, 0.2) is 36.5 Å². The first kappa shape index (κ1) is 21.5. The van der Waals surface area contributed by atoms with Gasteiger partial charge in [-0.25, -0.2) is 9.37 Å². The van der Waals surface area contributed by atoms with Gasteiger partial charge in [-0.2, -0.15) is 4.37 Å². The van der Waals surface area contributed by atoms with Crippen LogP contribution in [0.3, 0.4) is 0 Å². The summed E-state index contributed by atoms with van der Waals surface area (Å²) in [5, 5.41) is 3.63. The standard InChI is InChI=1S/C22H26FN5O2S/c1-24-22(29)16-6-7-25-20(14-16)30-13-3-2-8-27-9-11-28(12-10-27)21-18-5-4-17(23)15-19(18)31-26-21/h4-7,14-15H,2-3,8-13H2,1H3,(H,24,29). The smallest absolute Gasteiger partial charge is 0.251 e. The van der Waals surface area contributed by atoms with Gasteiger partial charge >= 0.3 is 0 Å². The average Bonchev–Trinajstić information content (AvgIpc) is 3.22. The molecule has 4 rings (SSSR count). The maximum absolute atomic E-state index is 13.4. The first-order chi connectivity index (χ1) is 15.1. The third-order valence-electron chi connectivity index (χ3n) is 5.43. The molecule has 0 bridgehead atoms. The number of carbonyl (C=O) groups excluding carboxylic acids is 1. The Morgan fingerprint density at radius 2 is 2.03 bits per heavy atom. The lowest BCUT2D eigenvalue weighted by Gasteiger charge is -2.35. The van der Waals surface area contributed by atoms with Gasteiger partial charge in [0.1, 0.15) is 11.6 Å². The molecule has 3 aromatic rings. The zero-order valence-electron chi connectivity index (χ0n) is 17.5. The number of aromatic nitrogens is 2. The number of piperazine rings is 1. The minimum absolute atomic E-state index is 0.149. The quantitative estimate of drug-likeness (QED) is 0.540. The van der Waals surface area contributed by atoms with Crippen molar-refractivity contribution in [2.45, 2.75) is 12.8 Å². The van der Waals surface area contributed by atoms with Gasteiger partial charge in [0.25, 0.3) is 5.91 Å². The second kappa shape index (κ2) is 10.0. The van der Waals surface area contributed by atoms with Crippen LogP contribution < -0.4 is 15.0 Å². The molecule has 1 aliphatic heterocycles. The van der Waals surface area contributed by atoms with E-state index in [0.29, 0.717) is 18.1 Å². The maximum atomic E-state index is 13.4. The maximum Gasteiger partial charge on any atom is 0.251 e. The van der Waals surface area contributed by atoms with E-state index in [1.165, 1.54) is 17.6 Å². The van der Waals surface area contributed by atoms with Crippen LogP contribution in [0, 0.1) is 5.82 Å². The van der Waals surface area contributed by atoms with E-state index in [4.69, 9.17) is 4.74 Å². The Bertz CT molecular complexity index is 1040. The van der Waals surface area contributed by atoms with Crippen molar-refractivity contribution in [2.75, 3.05) is 51.3 Å². The predicted octanol–water partition coefficient (Wildman–Crippen LogP) is 3.17. The molecular formula is C22H26FN5O2S. The molecule has 9 heteroatoms. The van der Waals surface area contributed by atoms with Crippen LogP contribution in [-0.4, -0.2) is 66.5 Å². The third kappa shape index (κ3) is 5.29. The first-order valence-electron chi connectivity index (χ1n) is 10.5. The first-order valence-corrected chi connectivity index (χ1v) is 11.2. The van der Waals surface area contributed by atoms with Crippen molar-refractivity contribution < 1.29 is 13.9 Å². The highest BCUT2D eigenvalue weighted by atomic mass is 32.1. The van der Waals surface area contributed by atoms with Crippen molar-refractivity contribution in [3.63, 3.8) is 0 Å². The number of fused-ring (bicyclic) bond motifs is 1. The minimum atomic E-state index is -0.216. The number of rotatable bonds is 8. The lowest BCUT2D eigenvalue weighted by Crippen LogP contribution is -2.46. The predicted molar refractivity (Wildman–Crippen MR) is 121 cm³/mol. The van der Waals surface area contributed by atoms with E-state index in [0.717, 1.165) is 61.5 Å². The minimum Gasteiger partial charge on any atom is -0.478 e. The average molecular weight is 444 g/mol. The SMILES string of the molecule is CNC(=O)c1ccnc(OCCCCN2CCN(c3nsc4cc(F)ccc34)CC2)c1. The molecule has 1 aromatic carbocycles. The van der Waals surface area contributed by atoms with Gasteiger partial charge in [-0.15, -0.1) is 0 Å². The largest absolute Gasteiger partial charge is 0.478 e. The number of unbranched alkanes of at least 4 members (excludes halogenated alkanes) is 1. The van der Waals surface area contributed by atoms with Gasteiger partial charge in [0.15, 0.2) is 0 Å². The molecule has 1 fully saturated rings. The Morgan fingerprint density at radius 1 is 1.19 bits per heavy atom. The molecule has 0 saturated carbocycles. The van der Waals surface area contributed by atoms with E-state index in [2.05, 4.69) is 24.5 Å². The van der Waals surface area contributed by atoms with Gasteiger partial charge in [-0.3, -0.25) is 9.69 Å². The van der Waals surface area contributed by atoms with E-state index in [-0.39, 0.29) is 11.7 Å². The molecule has 1 amide bonds. The number of ether oxygens (including phenoxy) is 1. The summed E-state index contributed by atoms with van der Waals surface area (Å²) in [6.45, 7) is 5.40. The number of benzene rings is 1. The van der Waals surface area contributed by atoms with Gasteiger partial charge in [-0.05, 0) is 55.2 Å². The van der Waals surface area contributed by atoms with Gasteiger partial charge in [0.2, 0.25) is 5.88 Å². The second-order valence-electron chi connectivity index (χ2n) is 7.49. The zero-order chi connectivity index (χ0) is 21.6. The number of hydrogen-bond acceptors (Lipinski definition) is 7. The molecule has 1 N–H and O–H groups in total. The van der Waals surface area contributed by atoms with E-state index in [1.54, 1.807) is 31.4 Å². The number of pyridine rings is 1. The summed E-state index contributed by atoms with van der Waals surface area (Å²) in [7, 11) is 1.60. The summed E-state index contributed by atoms with van der Waals surface area (Å²) in [4.78, 5) is 20.6. The molecule has 0 atom stereocenters. The highest BCUT2D eigenvalue weighted by Crippen LogP contribution is 2.30. The van der Waals surface area contributed by atoms with E-state index < -0.39 is 0 Å². The highest BCUT2D eigenvalue weighted by molar-refractivity contribution is 7.13. The summed E-state index contributed by atoms with van der Waals surface area (Å²) >= 11 is 1.36. The van der Waals surface area contributed by atoms with Crippen molar-refractivity contribution in [2.24, 2.45) is 0 Å². The third-order valence-corrected chi connectivity index (χ3v) is 6.23. The molecule has 3 heterocycles. The Labute approximate surface area is 185 Å². The molecule has 1 aliphatic rings. The fourth-order valence-corrected chi connectivity index (χ4v) is 4.52. The number of halogens is 1. The van der Waals surface area contributed by atoms with Crippen LogP contribution in [0.2, 0.25) is 0 Å². The van der Waals surface area contributed by atoms with Crippen molar-refractivity contribution in [1.29, 1.82) is 0 Å². The van der Waals surface area contributed by atoms with Crippen LogP contribution in [0.25, 0.3) is 10.1 Å². The summed E-state index contributed by atoms with van der Waals surface area (Å²) in [5.74, 6) is 1.08. The molecule has 31 heavy (non-hydrogen) atoms. The van der Waals surface area contributed by atoms with Crippen molar-refractivity contribution in [1.82, 2.24) is 19.6 Å². The van der Waals surface area contributed by atoms with Crippen molar-refractivity contribution in [3.05, 3.63) is 47.9 Å². The number of nitrogens with zero attached hydrogens (tertiary/aromatic N) is 4. The van der Waals surface area contributed by atoms with E-state index in [9.17, 15) is 9.18 Å². The van der Waals surface area contributed by atoms with Crippen molar-refractivity contribution >= 4 is 33.3 Å². The lowest BCUT2D eigenvalue weighted by molar-refractivity contribution is 0.0962. The Kier molecular flexibility index (Phi) is 6.93. The number of nitrogens with one attached hydrogen (secondary N) is 1. The molecule has 1 saturated heterocycles. The van der Waals surface area contributed by atoms with Crippen LogP contribution >= 0.6 is 11.5 Å². The van der Waals surface area contributed by atoms with Crippen LogP contribution in [0.4, 0.5) is 10.2 Å². The highest BCUT2D eigenvalue weighted by Gasteiger charge is 2.20. The number of hydrogen-bond donors (Lipinski definition) is 1.